The first-order valence-electron chi connectivity index (χ1n) is 12.2. The van der Waals surface area contributed by atoms with E-state index in [2.05, 4.69) is 48.2 Å². The summed E-state index contributed by atoms with van der Waals surface area (Å²) in [6.07, 6.45) is 3.32. The zero-order valence-electron chi connectivity index (χ0n) is 20.8. The van der Waals surface area contributed by atoms with E-state index in [-0.39, 0.29) is 5.56 Å². The average Bonchev–Trinajstić information content (AvgIpc) is 3.33. The first-order chi connectivity index (χ1) is 18.0. The molecule has 3 N–H and O–H groups in total. The summed E-state index contributed by atoms with van der Waals surface area (Å²) in [6, 6.07) is 12.1. The van der Waals surface area contributed by atoms with Crippen LogP contribution in [0.3, 0.4) is 0 Å². The second kappa shape index (κ2) is 10.7. The standard InChI is InChI=1S/C27H29BrN6O3/c1-17-13-19(34-11-9-33(16-35)10-12-34)15-22-25(17)32-26(31-22)24-21(6-8-30-27(24)36)29-7-5-18-3-4-23(37-2)20(28)14-18/h3-4,6,8,13-16H,5,7,9-12H2,1-2H3,(H,31,32)(H2,29,30,36). The minimum Gasteiger partial charge on any atom is -0.496 e. The van der Waals surface area contributed by atoms with Crippen molar-refractivity contribution in [2.24, 2.45) is 0 Å². The van der Waals surface area contributed by atoms with Gasteiger partial charge in [-0.1, -0.05) is 6.07 Å². The van der Waals surface area contributed by atoms with Crippen molar-refractivity contribution >= 4 is 44.7 Å². The molecule has 1 amide bonds. The number of halogens is 1. The SMILES string of the molecule is COc1ccc(CCNc2cc[nH]c(=O)c2-c2nc3c(C)cc(N4CCN(C=O)CC4)cc3[nH]2)cc1Br. The molecule has 10 heteroatoms. The summed E-state index contributed by atoms with van der Waals surface area (Å²) in [7, 11) is 1.64. The Hall–Kier alpha value is -3.79. The quantitative estimate of drug-likeness (QED) is 0.280. The number of H-pyrrole nitrogens is 2. The second-order valence-electron chi connectivity index (χ2n) is 9.11. The Labute approximate surface area is 223 Å². The van der Waals surface area contributed by atoms with E-state index in [1.807, 2.05) is 31.2 Å². The van der Waals surface area contributed by atoms with Gasteiger partial charge in [0.25, 0.3) is 5.56 Å². The van der Waals surface area contributed by atoms with Crippen LogP contribution in [0, 0.1) is 6.92 Å². The Bertz CT molecular complexity index is 1490. The number of aromatic nitrogens is 3. The van der Waals surface area contributed by atoms with Crippen LogP contribution in [0.2, 0.25) is 0 Å². The summed E-state index contributed by atoms with van der Waals surface area (Å²) in [5.41, 5.74) is 5.96. The molecule has 4 aromatic rings. The fourth-order valence-electron chi connectivity index (χ4n) is 4.73. The Kier molecular flexibility index (Phi) is 7.18. The molecule has 0 aliphatic carbocycles. The molecular weight excluding hydrogens is 536 g/mol. The minimum atomic E-state index is -0.209. The zero-order chi connectivity index (χ0) is 25.9. The number of hydrogen-bond acceptors (Lipinski definition) is 6. The number of benzene rings is 2. The summed E-state index contributed by atoms with van der Waals surface area (Å²) in [5.74, 6) is 1.32. The number of aryl methyl sites for hydroxylation is 1. The molecule has 1 aliphatic rings. The number of methoxy groups -OCH3 is 1. The summed E-state index contributed by atoms with van der Waals surface area (Å²) in [6.45, 7) is 5.64. The molecule has 1 aliphatic heterocycles. The molecule has 0 unspecified atom stereocenters. The summed E-state index contributed by atoms with van der Waals surface area (Å²) in [5, 5.41) is 3.41. The van der Waals surface area contributed by atoms with Gasteiger partial charge in [-0.25, -0.2) is 4.98 Å². The van der Waals surface area contributed by atoms with Crippen LogP contribution in [0.15, 0.2) is 51.9 Å². The van der Waals surface area contributed by atoms with Crippen molar-refractivity contribution in [1.82, 2.24) is 19.9 Å². The highest BCUT2D eigenvalue weighted by Crippen LogP contribution is 2.30. The van der Waals surface area contributed by atoms with Gasteiger partial charge in [0.2, 0.25) is 6.41 Å². The number of amides is 1. The molecule has 1 fully saturated rings. The zero-order valence-corrected chi connectivity index (χ0v) is 22.4. The van der Waals surface area contributed by atoms with Crippen LogP contribution >= 0.6 is 15.9 Å². The van der Waals surface area contributed by atoms with Crippen molar-refractivity contribution in [3.8, 4) is 17.1 Å². The topological polar surface area (TPSA) is 106 Å². The fourth-order valence-corrected chi connectivity index (χ4v) is 5.31. The number of imidazole rings is 1. The average molecular weight is 565 g/mol. The van der Waals surface area contributed by atoms with Crippen molar-refractivity contribution in [2.45, 2.75) is 13.3 Å². The maximum atomic E-state index is 12.9. The molecular formula is C27H29BrN6O3. The number of fused-ring (bicyclic) bond motifs is 1. The molecule has 192 valence electrons. The summed E-state index contributed by atoms with van der Waals surface area (Å²) < 4.78 is 6.22. The molecule has 5 rings (SSSR count). The molecule has 0 saturated carbocycles. The van der Waals surface area contributed by atoms with Crippen molar-refractivity contribution in [3.05, 3.63) is 68.5 Å². The van der Waals surface area contributed by atoms with E-state index in [4.69, 9.17) is 9.72 Å². The van der Waals surface area contributed by atoms with Crippen molar-refractivity contribution in [3.63, 3.8) is 0 Å². The van der Waals surface area contributed by atoms with Gasteiger partial charge in [-0.05, 0) is 70.7 Å². The van der Waals surface area contributed by atoms with Crippen LogP contribution in [0.5, 0.6) is 5.75 Å². The number of carbonyl (C=O) groups is 1. The molecule has 9 nitrogen and oxygen atoms in total. The van der Waals surface area contributed by atoms with Crippen molar-refractivity contribution in [2.75, 3.05) is 50.1 Å². The van der Waals surface area contributed by atoms with E-state index in [9.17, 15) is 9.59 Å². The molecule has 0 bridgehead atoms. The fraction of sp³-hybridized carbons (Fsp3) is 0.296. The van der Waals surface area contributed by atoms with Crippen LogP contribution in [0.25, 0.3) is 22.4 Å². The van der Waals surface area contributed by atoms with E-state index in [0.717, 1.165) is 69.7 Å². The van der Waals surface area contributed by atoms with E-state index < -0.39 is 0 Å². The van der Waals surface area contributed by atoms with Gasteiger partial charge < -0.3 is 29.8 Å². The van der Waals surface area contributed by atoms with Crippen molar-refractivity contribution < 1.29 is 9.53 Å². The Morgan fingerprint density at radius 3 is 2.70 bits per heavy atom. The Balaban J connectivity index is 1.38. The van der Waals surface area contributed by atoms with Crippen LogP contribution < -0.4 is 20.5 Å². The Morgan fingerprint density at radius 2 is 1.97 bits per heavy atom. The first kappa shape index (κ1) is 24.9. The van der Waals surface area contributed by atoms with E-state index in [1.54, 1.807) is 18.2 Å². The van der Waals surface area contributed by atoms with E-state index >= 15 is 0 Å². The first-order valence-corrected chi connectivity index (χ1v) is 13.0. The van der Waals surface area contributed by atoms with Crippen LogP contribution in [-0.4, -0.2) is 66.1 Å². The highest BCUT2D eigenvalue weighted by Gasteiger charge is 2.19. The third-order valence-electron chi connectivity index (χ3n) is 6.73. The molecule has 0 radical (unpaired) electrons. The Morgan fingerprint density at radius 1 is 1.16 bits per heavy atom. The third kappa shape index (κ3) is 5.20. The van der Waals surface area contributed by atoms with Gasteiger partial charge in [0, 0.05) is 44.6 Å². The smallest absolute Gasteiger partial charge is 0.261 e. The third-order valence-corrected chi connectivity index (χ3v) is 7.35. The van der Waals surface area contributed by atoms with Crippen molar-refractivity contribution in [1.29, 1.82) is 0 Å². The number of anilines is 2. The van der Waals surface area contributed by atoms with Crippen LogP contribution in [-0.2, 0) is 11.2 Å². The number of piperazine rings is 1. The number of nitrogens with zero attached hydrogens (tertiary/aromatic N) is 3. The van der Waals surface area contributed by atoms with Gasteiger partial charge in [-0.3, -0.25) is 9.59 Å². The number of carbonyl (C=O) groups excluding carboxylic acids is 1. The van der Waals surface area contributed by atoms with E-state index in [1.165, 1.54) is 0 Å². The molecule has 0 atom stereocenters. The van der Waals surface area contributed by atoms with Gasteiger partial charge in [0.15, 0.2) is 0 Å². The highest BCUT2D eigenvalue weighted by atomic mass is 79.9. The normalized spacial score (nSPS) is 13.7. The van der Waals surface area contributed by atoms with Gasteiger partial charge in [0.1, 0.15) is 17.1 Å². The van der Waals surface area contributed by atoms with E-state index in [0.29, 0.717) is 31.0 Å². The molecule has 2 aromatic heterocycles. The van der Waals surface area contributed by atoms with Crippen LogP contribution in [0.4, 0.5) is 11.4 Å². The highest BCUT2D eigenvalue weighted by molar-refractivity contribution is 9.10. The summed E-state index contributed by atoms with van der Waals surface area (Å²) in [4.78, 5) is 39.0. The predicted molar refractivity (Wildman–Crippen MR) is 150 cm³/mol. The largest absolute Gasteiger partial charge is 0.496 e. The minimum absolute atomic E-state index is 0.209. The van der Waals surface area contributed by atoms with Crippen LogP contribution in [0.1, 0.15) is 11.1 Å². The van der Waals surface area contributed by atoms with Gasteiger partial charge in [-0.15, -0.1) is 0 Å². The lowest BCUT2D eigenvalue weighted by atomic mass is 10.1. The molecule has 0 spiro atoms. The molecule has 2 aromatic carbocycles. The van der Waals surface area contributed by atoms with Gasteiger partial charge in [0.05, 0.1) is 28.3 Å². The monoisotopic (exact) mass is 564 g/mol. The lowest BCUT2D eigenvalue weighted by molar-refractivity contribution is -0.118. The lowest BCUT2D eigenvalue weighted by Gasteiger charge is -2.34. The lowest BCUT2D eigenvalue weighted by Crippen LogP contribution is -2.45. The van der Waals surface area contributed by atoms with Gasteiger partial charge in [-0.2, -0.15) is 0 Å². The number of pyridine rings is 1. The number of rotatable bonds is 8. The number of hydrogen-bond donors (Lipinski definition) is 3. The number of aromatic amines is 2. The summed E-state index contributed by atoms with van der Waals surface area (Å²) >= 11 is 3.53. The predicted octanol–water partition coefficient (Wildman–Crippen LogP) is 3.93. The molecule has 1 saturated heterocycles. The number of nitrogens with one attached hydrogen (secondary N) is 3. The second-order valence-corrected chi connectivity index (χ2v) is 9.97. The maximum absolute atomic E-state index is 12.9. The number of ether oxygens (including phenoxy) is 1. The molecule has 37 heavy (non-hydrogen) atoms. The molecule has 3 heterocycles. The van der Waals surface area contributed by atoms with Gasteiger partial charge >= 0.3 is 0 Å². The maximum Gasteiger partial charge on any atom is 0.261 e.